The lowest BCUT2D eigenvalue weighted by Crippen LogP contribution is -2.34. The van der Waals surface area contributed by atoms with Gasteiger partial charge in [-0.25, -0.2) is 4.79 Å². The van der Waals surface area contributed by atoms with Crippen LogP contribution in [0.15, 0.2) is 103 Å². The minimum absolute atomic E-state index is 0.0378. The third kappa shape index (κ3) is 5.75. The molecule has 1 N–H and O–H groups in total. The van der Waals surface area contributed by atoms with E-state index in [1.807, 2.05) is 61.5 Å². The number of carbonyl (C=O) groups is 1. The van der Waals surface area contributed by atoms with Crippen molar-refractivity contribution in [1.29, 1.82) is 0 Å². The van der Waals surface area contributed by atoms with E-state index in [-0.39, 0.29) is 11.7 Å². The van der Waals surface area contributed by atoms with Gasteiger partial charge in [-0.1, -0.05) is 104 Å². The van der Waals surface area contributed by atoms with Gasteiger partial charge in [0.1, 0.15) is 11.4 Å². The number of unbranched alkanes of at least 4 members (excludes halogenated alkanes) is 1. The largest absolute Gasteiger partial charge is 0.509 e. The fourth-order valence-electron chi connectivity index (χ4n) is 4.49. The van der Waals surface area contributed by atoms with Crippen LogP contribution < -0.4 is 0 Å². The summed E-state index contributed by atoms with van der Waals surface area (Å²) in [6.45, 7) is 2.66. The summed E-state index contributed by atoms with van der Waals surface area (Å²) in [5.41, 5.74) is 2.19. The average molecular weight is 473 g/mol. The fourth-order valence-corrected chi connectivity index (χ4v) is 4.49. The van der Waals surface area contributed by atoms with E-state index in [9.17, 15) is 9.90 Å². The maximum absolute atomic E-state index is 12.0. The quantitative estimate of drug-likeness (QED) is 0.200. The summed E-state index contributed by atoms with van der Waals surface area (Å²) in [5.74, 6) is -0.0882. The Morgan fingerprint density at radius 1 is 0.886 bits per heavy atom. The Labute approximate surface area is 207 Å². The lowest BCUT2D eigenvalue weighted by atomic mass is 9.80. The molecule has 1 aliphatic carbocycles. The molecule has 3 aromatic rings. The second kappa shape index (κ2) is 11.7. The molecular formula is C30H32O5. The predicted molar refractivity (Wildman–Crippen MR) is 135 cm³/mol. The summed E-state index contributed by atoms with van der Waals surface area (Å²) in [4.78, 5) is 12.0. The van der Waals surface area contributed by atoms with Crippen molar-refractivity contribution in [2.75, 3.05) is 13.2 Å². The molecule has 0 saturated heterocycles. The van der Waals surface area contributed by atoms with Gasteiger partial charge in [0.15, 0.2) is 6.10 Å². The Bertz CT molecular complexity index is 999. The van der Waals surface area contributed by atoms with Gasteiger partial charge in [0, 0.05) is 12.3 Å². The summed E-state index contributed by atoms with van der Waals surface area (Å²) >= 11 is 0. The van der Waals surface area contributed by atoms with Gasteiger partial charge in [-0.2, -0.15) is 0 Å². The molecule has 0 amide bonds. The van der Waals surface area contributed by atoms with Crippen LogP contribution in [0.25, 0.3) is 0 Å². The van der Waals surface area contributed by atoms with Crippen LogP contribution >= 0.6 is 0 Å². The second-order valence-electron chi connectivity index (χ2n) is 8.74. The Morgan fingerprint density at radius 2 is 1.40 bits per heavy atom. The van der Waals surface area contributed by atoms with Crippen molar-refractivity contribution in [2.45, 2.75) is 37.9 Å². The van der Waals surface area contributed by atoms with E-state index in [1.165, 1.54) is 0 Å². The smallest absolute Gasteiger partial charge is 0.508 e. The van der Waals surface area contributed by atoms with Gasteiger partial charge in [-0.05, 0) is 29.2 Å². The van der Waals surface area contributed by atoms with Crippen molar-refractivity contribution < 1.29 is 24.1 Å². The van der Waals surface area contributed by atoms with E-state index in [0.717, 1.165) is 29.5 Å². The zero-order chi connectivity index (χ0) is 24.5. The summed E-state index contributed by atoms with van der Waals surface area (Å²) < 4.78 is 17.3. The van der Waals surface area contributed by atoms with Gasteiger partial charge in [-0.3, -0.25) is 0 Å². The number of carbonyl (C=O) groups excluding carboxylic acids is 1. The zero-order valence-corrected chi connectivity index (χ0v) is 20.0. The molecule has 1 aliphatic rings. The van der Waals surface area contributed by atoms with Gasteiger partial charge in [0.25, 0.3) is 0 Å². The van der Waals surface area contributed by atoms with Crippen LogP contribution in [0.1, 0.15) is 42.9 Å². The average Bonchev–Trinajstić information content (AvgIpc) is 3.25. The van der Waals surface area contributed by atoms with E-state index in [4.69, 9.17) is 14.2 Å². The van der Waals surface area contributed by atoms with Gasteiger partial charge in [0.05, 0.1) is 13.2 Å². The molecule has 0 heterocycles. The maximum atomic E-state index is 12.0. The molecule has 0 radical (unpaired) electrons. The first kappa shape index (κ1) is 24.6. The van der Waals surface area contributed by atoms with Crippen molar-refractivity contribution in [3.63, 3.8) is 0 Å². The number of hydrogen-bond donors (Lipinski definition) is 1. The summed E-state index contributed by atoms with van der Waals surface area (Å²) in [6.07, 6.45) is 2.37. The minimum Gasteiger partial charge on any atom is -0.509 e. The number of benzene rings is 3. The third-order valence-electron chi connectivity index (χ3n) is 6.26. The molecule has 5 nitrogen and oxygen atoms in total. The standard InChI is InChI=1S/C30H32O5/c1-2-3-19-33-29(32)35-28-21-23(20-27(28)31)22-34-30(24-13-7-4-8-14-24,25-15-9-5-10-16-25)26-17-11-6-12-18-26/h4-18,20,23,28,31H,2-3,19,21-22H2,1H3/t23-,28-/m1/s1. The number of hydrogen-bond acceptors (Lipinski definition) is 5. The van der Waals surface area contributed by atoms with Crippen LogP contribution in [0.2, 0.25) is 0 Å². The molecule has 0 saturated carbocycles. The normalized spacial score (nSPS) is 17.6. The first-order valence-electron chi connectivity index (χ1n) is 12.2. The first-order valence-corrected chi connectivity index (χ1v) is 12.2. The predicted octanol–water partition coefficient (Wildman–Crippen LogP) is 6.78. The van der Waals surface area contributed by atoms with Crippen LogP contribution in [0.5, 0.6) is 0 Å². The highest BCUT2D eigenvalue weighted by molar-refractivity contribution is 5.60. The van der Waals surface area contributed by atoms with Crippen molar-refractivity contribution in [1.82, 2.24) is 0 Å². The molecule has 182 valence electrons. The van der Waals surface area contributed by atoms with Crippen LogP contribution in [-0.2, 0) is 19.8 Å². The molecular weight excluding hydrogens is 440 g/mol. The number of ether oxygens (including phenoxy) is 3. The number of aliphatic hydroxyl groups excluding tert-OH is 1. The molecule has 5 heteroatoms. The highest BCUT2D eigenvalue weighted by atomic mass is 16.7. The third-order valence-corrected chi connectivity index (χ3v) is 6.26. The molecule has 3 aromatic carbocycles. The number of rotatable bonds is 10. The van der Waals surface area contributed by atoms with E-state index in [1.54, 1.807) is 6.08 Å². The van der Waals surface area contributed by atoms with Crippen LogP contribution in [0, 0.1) is 5.92 Å². The summed E-state index contributed by atoms with van der Waals surface area (Å²) in [7, 11) is 0. The Balaban J connectivity index is 1.57. The summed E-state index contributed by atoms with van der Waals surface area (Å²) in [6, 6.07) is 30.4. The molecule has 0 bridgehead atoms. The Hall–Kier alpha value is -3.57. The molecule has 0 aromatic heterocycles. The molecule has 4 rings (SSSR count). The SMILES string of the molecule is CCCCOC(=O)O[C@@H]1C[C@H](COC(c2ccccc2)(c2ccccc2)c2ccccc2)C=C1O. The highest BCUT2D eigenvalue weighted by Gasteiger charge is 2.39. The number of aliphatic hydroxyl groups is 1. The van der Waals surface area contributed by atoms with Crippen LogP contribution in [0.3, 0.4) is 0 Å². The summed E-state index contributed by atoms with van der Waals surface area (Å²) in [5, 5.41) is 10.4. The second-order valence-corrected chi connectivity index (χ2v) is 8.74. The van der Waals surface area contributed by atoms with Gasteiger partial charge < -0.3 is 19.3 Å². The van der Waals surface area contributed by atoms with Gasteiger partial charge >= 0.3 is 6.16 Å². The van der Waals surface area contributed by atoms with E-state index in [2.05, 4.69) is 36.4 Å². The van der Waals surface area contributed by atoms with Gasteiger partial charge in [-0.15, -0.1) is 0 Å². The maximum Gasteiger partial charge on any atom is 0.508 e. The Morgan fingerprint density at radius 3 is 1.89 bits per heavy atom. The van der Waals surface area contributed by atoms with Crippen LogP contribution in [0.4, 0.5) is 4.79 Å². The lowest BCUT2D eigenvalue weighted by molar-refractivity contribution is -0.0107. The van der Waals surface area contributed by atoms with E-state index < -0.39 is 17.9 Å². The molecule has 2 atom stereocenters. The minimum atomic E-state index is -0.842. The topological polar surface area (TPSA) is 65.0 Å². The van der Waals surface area contributed by atoms with Gasteiger partial charge in [0.2, 0.25) is 0 Å². The lowest BCUT2D eigenvalue weighted by Gasteiger charge is -2.36. The Kier molecular flexibility index (Phi) is 8.22. The molecule has 0 unspecified atom stereocenters. The zero-order valence-electron chi connectivity index (χ0n) is 20.0. The van der Waals surface area contributed by atoms with Crippen molar-refractivity contribution in [3.8, 4) is 0 Å². The first-order chi connectivity index (χ1) is 17.1. The van der Waals surface area contributed by atoms with Crippen LogP contribution in [-0.4, -0.2) is 30.6 Å². The van der Waals surface area contributed by atoms with E-state index >= 15 is 0 Å². The molecule has 0 spiro atoms. The molecule has 0 fully saturated rings. The fraction of sp³-hybridized carbons (Fsp3) is 0.300. The van der Waals surface area contributed by atoms with E-state index in [0.29, 0.717) is 19.6 Å². The van der Waals surface area contributed by atoms with Crippen molar-refractivity contribution in [2.24, 2.45) is 5.92 Å². The molecule has 35 heavy (non-hydrogen) atoms. The van der Waals surface area contributed by atoms with Crippen molar-refractivity contribution >= 4 is 6.16 Å². The monoisotopic (exact) mass is 472 g/mol. The highest BCUT2D eigenvalue weighted by Crippen LogP contribution is 2.41. The molecule has 0 aliphatic heterocycles. The van der Waals surface area contributed by atoms with Crippen molar-refractivity contribution in [3.05, 3.63) is 120 Å².